The first-order valence-electron chi connectivity index (χ1n) is 14.4. The largest absolute Gasteiger partial charge is 0.492 e. The monoisotopic (exact) mass is 458 g/mol. The average Bonchev–Trinajstić information content (AvgIpc) is 2.95. The lowest BCUT2D eigenvalue weighted by molar-refractivity contribution is 0.0981. The van der Waals surface area contributed by atoms with Crippen LogP contribution in [0.3, 0.4) is 0 Å². The van der Waals surface area contributed by atoms with Crippen LogP contribution in [0.4, 0.5) is 0 Å². The van der Waals surface area contributed by atoms with Crippen LogP contribution in [0, 0.1) is 17.8 Å². The number of rotatable bonds is 3. The molecule has 2 aromatic carbocycles. The summed E-state index contributed by atoms with van der Waals surface area (Å²) in [5.74, 6) is 4.36. The summed E-state index contributed by atoms with van der Waals surface area (Å²) in [4.78, 5) is 0. The average molecular weight is 459 g/mol. The first kappa shape index (κ1) is 22.5. The van der Waals surface area contributed by atoms with Gasteiger partial charge in [0, 0.05) is 17.0 Å². The molecule has 6 rings (SSSR count). The number of ether oxygens (including phenoxy) is 2. The lowest BCUT2D eigenvalue weighted by atomic mass is 9.75. The second-order valence-electron chi connectivity index (χ2n) is 11.6. The van der Waals surface area contributed by atoms with Crippen molar-refractivity contribution in [2.75, 3.05) is 13.2 Å². The maximum absolute atomic E-state index is 6.74. The Morgan fingerprint density at radius 3 is 1.56 bits per heavy atom. The molecule has 2 nitrogen and oxygen atoms in total. The zero-order valence-corrected chi connectivity index (χ0v) is 21.2. The Morgan fingerprint density at radius 1 is 0.618 bits per heavy atom. The van der Waals surface area contributed by atoms with Gasteiger partial charge in [0.05, 0.1) is 13.2 Å². The third-order valence-corrected chi connectivity index (χ3v) is 9.34. The van der Waals surface area contributed by atoms with Crippen molar-refractivity contribution in [2.24, 2.45) is 17.8 Å². The molecule has 182 valence electrons. The van der Waals surface area contributed by atoms with E-state index in [1.807, 2.05) is 0 Å². The smallest absolute Gasteiger partial charge is 0.127 e. The van der Waals surface area contributed by atoms with Crippen LogP contribution in [-0.4, -0.2) is 13.2 Å². The van der Waals surface area contributed by atoms with E-state index in [1.54, 1.807) is 0 Å². The summed E-state index contributed by atoms with van der Waals surface area (Å²) < 4.78 is 13.5. The molecule has 0 spiro atoms. The maximum Gasteiger partial charge on any atom is 0.127 e. The highest BCUT2D eigenvalue weighted by molar-refractivity contribution is 5.78. The van der Waals surface area contributed by atoms with Gasteiger partial charge in [0.1, 0.15) is 11.5 Å². The van der Waals surface area contributed by atoms with E-state index >= 15 is 0 Å². The van der Waals surface area contributed by atoms with Crippen molar-refractivity contribution in [2.45, 2.75) is 96.8 Å². The van der Waals surface area contributed by atoms with E-state index in [-0.39, 0.29) is 0 Å². The van der Waals surface area contributed by atoms with Crippen LogP contribution in [0.15, 0.2) is 24.3 Å². The van der Waals surface area contributed by atoms with E-state index in [4.69, 9.17) is 9.47 Å². The van der Waals surface area contributed by atoms with E-state index in [0.717, 1.165) is 36.5 Å². The second-order valence-corrected chi connectivity index (χ2v) is 11.6. The van der Waals surface area contributed by atoms with Crippen LogP contribution in [0.5, 0.6) is 11.5 Å². The van der Waals surface area contributed by atoms with E-state index in [2.05, 4.69) is 31.2 Å². The SMILES string of the molecule is CCCC1CCC(C2COc3cc4c(cc3-c3cc5c(cc3OC2)CCCC5)CCCC4)CC1. The van der Waals surface area contributed by atoms with Gasteiger partial charge in [-0.05, 0) is 123 Å². The number of hydrogen-bond acceptors (Lipinski definition) is 2. The van der Waals surface area contributed by atoms with Crippen LogP contribution in [0.2, 0.25) is 0 Å². The molecule has 3 aliphatic carbocycles. The Balaban J connectivity index is 1.35. The standard InChI is InChI=1S/C32H42O2/c1-2-7-22-12-14-23(15-13-22)28-20-33-31-18-26-10-5-3-8-24(26)16-29(31)30-17-25-9-4-6-11-27(25)19-32(30)34-21-28/h16-19,22-23,28H,2-15,20-21H2,1H3. The summed E-state index contributed by atoms with van der Waals surface area (Å²) in [6.45, 7) is 3.92. The number of aryl methyl sites for hydroxylation is 4. The molecule has 1 saturated carbocycles. The molecule has 2 aromatic rings. The molecule has 0 unspecified atom stereocenters. The van der Waals surface area contributed by atoms with Gasteiger partial charge in [-0.3, -0.25) is 0 Å². The molecule has 34 heavy (non-hydrogen) atoms. The highest BCUT2D eigenvalue weighted by Gasteiger charge is 2.31. The van der Waals surface area contributed by atoms with E-state index in [1.165, 1.54) is 123 Å². The fourth-order valence-corrected chi connectivity index (χ4v) is 7.26. The summed E-state index contributed by atoms with van der Waals surface area (Å²) in [5.41, 5.74) is 8.64. The molecule has 1 heterocycles. The maximum atomic E-state index is 6.74. The normalized spacial score (nSPS) is 24.7. The summed E-state index contributed by atoms with van der Waals surface area (Å²) in [6, 6.07) is 9.70. The quantitative estimate of drug-likeness (QED) is 0.462. The molecule has 4 aliphatic rings. The molecule has 1 fully saturated rings. The zero-order chi connectivity index (χ0) is 22.9. The summed E-state index contributed by atoms with van der Waals surface area (Å²) >= 11 is 0. The minimum absolute atomic E-state index is 0.480. The molecule has 0 aromatic heterocycles. The van der Waals surface area contributed by atoms with Gasteiger partial charge in [-0.15, -0.1) is 0 Å². The van der Waals surface area contributed by atoms with Crippen molar-refractivity contribution in [3.63, 3.8) is 0 Å². The Kier molecular flexibility index (Phi) is 6.59. The van der Waals surface area contributed by atoms with Crippen molar-refractivity contribution in [1.29, 1.82) is 0 Å². The third kappa shape index (κ3) is 4.50. The summed E-state index contributed by atoms with van der Waals surface area (Å²) in [7, 11) is 0. The Morgan fingerprint density at radius 2 is 1.09 bits per heavy atom. The van der Waals surface area contributed by atoms with Gasteiger partial charge in [-0.1, -0.05) is 32.6 Å². The molecule has 0 saturated heterocycles. The lowest BCUT2D eigenvalue weighted by Crippen LogP contribution is -2.30. The van der Waals surface area contributed by atoms with Gasteiger partial charge in [0.25, 0.3) is 0 Å². The third-order valence-electron chi connectivity index (χ3n) is 9.34. The van der Waals surface area contributed by atoms with E-state index < -0.39 is 0 Å². The van der Waals surface area contributed by atoms with Gasteiger partial charge in [-0.25, -0.2) is 0 Å². The fraction of sp³-hybridized carbons (Fsp3) is 0.625. The first-order chi connectivity index (χ1) is 16.8. The van der Waals surface area contributed by atoms with Crippen molar-refractivity contribution >= 4 is 0 Å². The van der Waals surface area contributed by atoms with E-state index in [0.29, 0.717) is 5.92 Å². The topological polar surface area (TPSA) is 18.5 Å². The molecular formula is C32H42O2. The highest BCUT2D eigenvalue weighted by Crippen LogP contribution is 2.44. The predicted octanol–water partition coefficient (Wildman–Crippen LogP) is 8.11. The van der Waals surface area contributed by atoms with Crippen LogP contribution in [-0.2, 0) is 25.7 Å². The number of hydrogen-bond donors (Lipinski definition) is 0. The van der Waals surface area contributed by atoms with Crippen LogP contribution in [0.1, 0.15) is 93.4 Å². The Bertz CT molecular complexity index is 945. The summed E-state index contributed by atoms with van der Waals surface area (Å²) in [6.07, 6.45) is 18.2. The predicted molar refractivity (Wildman–Crippen MR) is 140 cm³/mol. The van der Waals surface area contributed by atoms with Gasteiger partial charge < -0.3 is 9.47 Å². The Hall–Kier alpha value is -1.96. The second kappa shape index (κ2) is 9.96. The van der Waals surface area contributed by atoms with Crippen molar-refractivity contribution in [3.05, 3.63) is 46.5 Å². The van der Waals surface area contributed by atoms with Crippen molar-refractivity contribution < 1.29 is 9.47 Å². The molecule has 2 heteroatoms. The molecule has 0 atom stereocenters. The summed E-state index contributed by atoms with van der Waals surface area (Å²) in [5, 5.41) is 0. The van der Waals surface area contributed by atoms with Gasteiger partial charge >= 0.3 is 0 Å². The van der Waals surface area contributed by atoms with Gasteiger partial charge in [0.2, 0.25) is 0 Å². The van der Waals surface area contributed by atoms with Crippen molar-refractivity contribution in [1.82, 2.24) is 0 Å². The molecule has 0 bridgehead atoms. The molecule has 0 N–H and O–H groups in total. The minimum atomic E-state index is 0.480. The minimum Gasteiger partial charge on any atom is -0.492 e. The number of benzene rings is 2. The molecule has 0 radical (unpaired) electrons. The molecule has 0 amide bonds. The van der Waals surface area contributed by atoms with Crippen LogP contribution < -0.4 is 9.47 Å². The van der Waals surface area contributed by atoms with Gasteiger partial charge in [-0.2, -0.15) is 0 Å². The first-order valence-corrected chi connectivity index (χ1v) is 14.4. The van der Waals surface area contributed by atoms with Crippen molar-refractivity contribution in [3.8, 4) is 22.6 Å². The van der Waals surface area contributed by atoms with Crippen LogP contribution in [0.25, 0.3) is 11.1 Å². The molecular weight excluding hydrogens is 416 g/mol. The highest BCUT2D eigenvalue weighted by atomic mass is 16.5. The van der Waals surface area contributed by atoms with Gasteiger partial charge in [0.15, 0.2) is 0 Å². The zero-order valence-electron chi connectivity index (χ0n) is 21.2. The van der Waals surface area contributed by atoms with E-state index in [9.17, 15) is 0 Å². The number of fused-ring (bicyclic) bond motifs is 5. The lowest BCUT2D eigenvalue weighted by Gasteiger charge is -2.33. The fourth-order valence-electron chi connectivity index (χ4n) is 7.26. The molecule has 1 aliphatic heterocycles. The van der Waals surface area contributed by atoms with Crippen LogP contribution >= 0.6 is 0 Å². The Labute approximate surface area is 206 Å².